The highest BCUT2D eigenvalue weighted by atomic mass is 16.5. The summed E-state index contributed by atoms with van der Waals surface area (Å²) in [5.41, 5.74) is 2.99. The molecule has 1 atom stereocenters. The highest BCUT2D eigenvalue weighted by molar-refractivity contribution is 6.23. The molecule has 1 N–H and O–H groups in total. The molecule has 3 rings (SSSR count). The number of benzene rings is 2. The Labute approximate surface area is 134 Å². The molecule has 2 aromatic rings. The maximum Gasteiger partial charge on any atom is 0.259 e. The largest absolute Gasteiger partial charge is 0.288 e. The monoisotopic (exact) mass is 310 g/mol. The Morgan fingerprint density at radius 3 is 2.43 bits per heavy atom. The van der Waals surface area contributed by atoms with Crippen LogP contribution in [0.15, 0.2) is 48.5 Å². The van der Waals surface area contributed by atoms with Gasteiger partial charge in [0.05, 0.1) is 17.8 Å². The summed E-state index contributed by atoms with van der Waals surface area (Å²) in [6.07, 6.45) is -0.0441. The molecule has 2 aromatic carbocycles. The molecule has 1 aliphatic heterocycles. The molecule has 1 fully saturated rings. The van der Waals surface area contributed by atoms with E-state index in [1.165, 1.54) is 4.90 Å². The third-order valence-electron chi connectivity index (χ3n) is 4.03. The van der Waals surface area contributed by atoms with Crippen molar-refractivity contribution in [2.75, 3.05) is 9.96 Å². The van der Waals surface area contributed by atoms with Gasteiger partial charge in [0.2, 0.25) is 5.91 Å². The lowest BCUT2D eigenvalue weighted by Crippen LogP contribution is -2.40. The van der Waals surface area contributed by atoms with E-state index in [4.69, 9.17) is 0 Å². The van der Waals surface area contributed by atoms with Crippen LogP contribution in [-0.4, -0.2) is 23.1 Å². The molecular formula is C18H18N2O3. The van der Waals surface area contributed by atoms with Crippen LogP contribution in [0.2, 0.25) is 0 Å². The SMILES string of the molecule is Cc1ccc(N2C(=O)C[C@H](N(O)c3ccccc3)C2=O)c(C)c1. The van der Waals surface area contributed by atoms with Crippen molar-refractivity contribution in [3.05, 3.63) is 59.7 Å². The Kier molecular flexibility index (Phi) is 3.88. The molecule has 1 saturated heterocycles. The second-order valence-electron chi connectivity index (χ2n) is 5.76. The Morgan fingerprint density at radius 1 is 1.09 bits per heavy atom. The van der Waals surface area contributed by atoms with Crippen molar-refractivity contribution in [2.45, 2.75) is 26.3 Å². The van der Waals surface area contributed by atoms with Gasteiger partial charge in [-0.1, -0.05) is 35.9 Å². The highest BCUT2D eigenvalue weighted by Crippen LogP contribution is 2.30. The maximum atomic E-state index is 12.7. The molecule has 5 nitrogen and oxygen atoms in total. The van der Waals surface area contributed by atoms with Crippen LogP contribution in [0.4, 0.5) is 11.4 Å². The van der Waals surface area contributed by atoms with Gasteiger partial charge in [-0.3, -0.25) is 14.8 Å². The summed E-state index contributed by atoms with van der Waals surface area (Å²) in [5.74, 6) is -0.713. The second-order valence-corrected chi connectivity index (χ2v) is 5.76. The number of rotatable bonds is 3. The Hall–Kier alpha value is -2.66. The van der Waals surface area contributed by atoms with Crippen LogP contribution in [-0.2, 0) is 9.59 Å². The Balaban J connectivity index is 1.91. The lowest BCUT2D eigenvalue weighted by Gasteiger charge is -2.23. The minimum atomic E-state index is -0.898. The number of hydrogen-bond acceptors (Lipinski definition) is 4. The molecule has 0 aliphatic carbocycles. The maximum absolute atomic E-state index is 12.7. The predicted molar refractivity (Wildman–Crippen MR) is 87.5 cm³/mol. The van der Waals surface area contributed by atoms with Crippen molar-refractivity contribution in [3.63, 3.8) is 0 Å². The zero-order chi connectivity index (χ0) is 16.6. The van der Waals surface area contributed by atoms with Gasteiger partial charge in [0.1, 0.15) is 6.04 Å². The average molecular weight is 310 g/mol. The Morgan fingerprint density at radius 2 is 1.78 bits per heavy atom. The summed E-state index contributed by atoms with van der Waals surface area (Å²) in [6, 6.07) is 13.4. The quantitative estimate of drug-likeness (QED) is 0.699. The van der Waals surface area contributed by atoms with Gasteiger partial charge in [0.25, 0.3) is 5.91 Å². The van der Waals surface area contributed by atoms with Gasteiger partial charge in [0, 0.05) is 0 Å². The number of carbonyl (C=O) groups excluding carboxylic acids is 2. The topological polar surface area (TPSA) is 60.9 Å². The normalized spacial score (nSPS) is 17.7. The first kappa shape index (κ1) is 15.2. The van der Waals surface area contributed by atoms with Crippen molar-refractivity contribution in [2.24, 2.45) is 0 Å². The number of carbonyl (C=O) groups is 2. The fraction of sp³-hybridized carbons (Fsp3) is 0.222. The number of imide groups is 1. The number of hydrogen-bond donors (Lipinski definition) is 1. The van der Waals surface area contributed by atoms with Crippen LogP contribution in [0.1, 0.15) is 17.5 Å². The predicted octanol–water partition coefficient (Wildman–Crippen LogP) is 2.83. The average Bonchev–Trinajstić information content (AvgIpc) is 2.83. The summed E-state index contributed by atoms with van der Waals surface area (Å²) in [7, 11) is 0. The van der Waals surface area contributed by atoms with Gasteiger partial charge in [-0.15, -0.1) is 0 Å². The minimum Gasteiger partial charge on any atom is -0.288 e. The lowest BCUT2D eigenvalue weighted by molar-refractivity contribution is -0.121. The smallest absolute Gasteiger partial charge is 0.259 e. The van der Waals surface area contributed by atoms with Gasteiger partial charge in [0.15, 0.2) is 0 Å². The van der Waals surface area contributed by atoms with Crippen molar-refractivity contribution < 1.29 is 14.8 Å². The molecule has 118 valence electrons. The second kappa shape index (κ2) is 5.85. The van der Waals surface area contributed by atoms with Crippen LogP contribution >= 0.6 is 0 Å². The molecule has 0 radical (unpaired) electrons. The van der Waals surface area contributed by atoms with E-state index in [9.17, 15) is 14.8 Å². The van der Waals surface area contributed by atoms with Crippen molar-refractivity contribution in [1.29, 1.82) is 0 Å². The molecule has 1 heterocycles. The first-order chi connectivity index (χ1) is 11.0. The third kappa shape index (κ3) is 2.71. The first-order valence-corrected chi connectivity index (χ1v) is 7.46. The van der Waals surface area contributed by atoms with E-state index in [-0.39, 0.29) is 12.3 Å². The number of amides is 2. The third-order valence-corrected chi connectivity index (χ3v) is 4.03. The van der Waals surface area contributed by atoms with Crippen LogP contribution < -0.4 is 9.96 Å². The highest BCUT2D eigenvalue weighted by Gasteiger charge is 2.43. The molecule has 5 heteroatoms. The van der Waals surface area contributed by atoms with Crippen LogP contribution in [0.3, 0.4) is 0 Å². The van der Waals surface area contributed by atoms with Gasteiger partial charge in [-0.25, -0.2) is 9.96 Å². The molecule has 0 spiro atoms. The van der Waals surface area contributed by atoms with Gasteiger partial charge in [-0.05, 0) is 37.6 Å². The van der Waals surface area contributed by atoms with Crippen molar-refractivity contribution in [1.82, 2.24) is 0 Å². The van der Waals surface area contributed by atoms with Crippen molar-refractivity contribution in [3.8, 4) is 0 Å². The van der Waals surface area contributed by atoms with Gasteiger partial charge in [-0.2, -0.15) is 0 Å². The standard InChI is InChI=1S/C18H18N2O3/c1-12-8-9-15(13(2)10-12)19-17(21)11-16(18(19)22)20(23)14-6-4-3-5-7-14/h3-10,16,23H,11H2,1-2H3/t16-/m0/s1. The first-order valence-electron chi connectivity index (χ1n) is 7.46. The van der Waals surface area contributed by atoms with E-state index in [1.807, 2.05) is 32.0 Å². The van der Waals surface area contributed by atoms with E-state index in [0.717, 1.165) is 16.2 Å². The number of anilines is 2. The van der Waals surface area contributed by atoms with Crippen LogP contribution in [0.5, 0.6) is 0 Å². The molecule has 0 saturated carbocycles. The fourth-order valence-corrected chi connectivity index (χ4v) is 2.88. The molecule has 0 bridgehead atoms. The van der Waals surface area contributed by atoms with Crippen LogP contribution in [0, 0.1) is 13.8 Å². The molecule has 1 aliphatic rings. The summed E-state index contributed by atoms with van der Waals surface area (Å²) in [5, 5.41) is 11.2. The lowest BCUT2D eigenvalue weighted by atomic mass is 10.1. The summed E-state index contributed by atoms with van der Waals surface area (Å²) in [6.45, 7) is 3.82. The van der Waals surface area contributed by atoms with Crippen molar-refractivity contribution >= 4 is 23.2 Å². The fourth-order valence-electron chi connectivity index (χ4n) is 2.88. The summed E-state index contributed by atoms with van der Waals surface area (Å²) < 4.78 is 0. The summed E-state index contributed by atoms with van der Waals surface area (Å²) in [4.78, 5) is 26.2. The van der Waals surface area contributed by atoms with E-state index in [2.05, 4.69) is 0 Å². The minimum absolute atomic E-state index is 0.0441. The van der Waals surface area contributed by atoms with E-state index in [1.54, 1.807) is 30.3 Å². The number of para-hydroxylation sites is 1. The zero-order valence-electron chi connectivity index (χ0n) is 13.1. The molecule has 2 amide bonds. The van der Waals surface area contributed by atoms with E-state index >= 15 is 0 Å². The van der Waals surface area contributed by atoms with E-state index in [0.29, 0.717) is 11.4 Å². The molecule has 0 aromatic heterocycles. The molecule has 23 heavy (non-hydrogen) atoms. The number of hydroxylamine groups is 1. The number of aryl methyl sites for hydroxylation is 2. The molecule has 0 unspecified atom stereocenters. The molecular weight excluding hydrogens is 292 g/mol. The zero-order valence-corrected chi connectivity index (χ0v) is 13.1. The van der Waals surface area contributed by atoms with Gasteiger partial charge < -0.3 is 0 Å². The Bertz CT molecular complexity index is 758. The van der Waals surface area contributed by atoms with Crippen LogP contribution in [0.25, 0.3) is 0 Å². The summed E-state index contributed by atoms with van der Waals surface area (Å²) >= 11 is 0. The van der Waals surface area contributed by atoms with Gasteiger partial charge >= 0.3 is 0 Å². The number of nitrogens with zero attached hydrogens (tertiary/aromatic N) is 2. The van der Waals surface area contributed by atoms with E-state index < -0.39 is 11.9 Å².